The fraction of sp³-hybridized carbons (Fsp3) is 0.533. The van der Waals surface area contributed by atoms with Crippen molar-refractivity contribution in [2.45, 2.75) is 46.0 Å². The van der Waals surface area contributed by atoms with Crippen molar-refractivity contribution < 1.29 is 9.90 Å². The predicted molar refractivity (Wildman–Crippen MR) is 72.7 cm³/mol. The average molecular weight is 247 g/mol. The maximum atomic E-state index is 12.4. The van der Waals surface area contributed by atoms with Crippen LogP contribution in [0.15, 0.2) is 18.2 Å². The minimum Gasteiger partial charge on any atom is -0.508 e. The Hall–Kier alpha value is -1.51. The van der Waals surface area contributed by atoms with Crippen LogP contribution in [0, 0.1) is 12.3 Å². The fourth-order valence-electron chi connectivity index (χ4n) is 2.62. The largest absolute Gasteiger partial charge is 0.508 e. The molecule has 3 nitrogen and oxygen atoms in total. The summed E-state index contributed by atoms with van der Waals surface area (Å²) >= 11 is 0. The lowest BCUT2D eigenvalue weighted by molar-refractivity contribution is -0.126. The number of carbonyl (C=O) groups is 1. The summed E-state index contributed by atoms with van der Waals surface area (Å²) in [7, 11) is 0. The molecule has 0 aromatic heterocycles. The molecule has 0 heterocycles. The number of nitrogens with one attached hydrogen (secondary N) is 1. The third-order valence-corrected chi connectivity index (χ3v) is 3.96. The SMILES string of the molecule is Cc1cc(O)ccc1NC(=O)C1(C)CCCCC1. The third-order valence-electron chi connectivity index (χ3n) is 3.96. The lowest BCUT2D eigenvalue weighted by Gasteiger charge is -2.32. The van der Waals surface area contributed by atoms with E-state index in [1.165, 1.54) is 6.42 Å². The van der Waals surface area contributed by atoms with Crippen molar-refractivity contribution in [2.75, 3.05) is 5.32 Å². The molecule has 0 aliphatic heterocycles. The van der Waals surface area contributed by atoms with Gasteiger partial charge in [-0.2, -0.15) is 0 Å². The Morgan fingerprint density at radius 3 is 2.56 bits per heavy atom. The van der Waals surface area contributed by atoms with Crippen LogP contribution in [0.1, 0.15) is 44.6 Å². The molecule has 1 aromatic rings. The van der Waals surface area contributed by atoms with E-state index in [0.29, 0.717) is 0 Å². The molecule has 98 valence electrons. The van der Waals surface area contributed by atoms with Crippen LogP contribution in [0.5, 0.6) is 5.75 Å². The summed E-state index contributed by atoms with van der Waals surface area (Å²) < 4.78 is 0. The number of benzene rings is 1. The predicted octanol–water partition coefficient (Wildman–Crippen LogP) is 3.61. The monoisotopic (exact) mass is 247 g/mol. The minimum atomic E-state index is -0.234. The first kappa shape index (κ1) is 12.9. The normalized spacial score (nSPS) is 18.3. The van der Waals surface area contributed by atoms with Gasteiger partial charge in [-0.3, -0.25) is 4.79 Å². The van der Waals surface area contributed by atoms with Crippen LogP contribution in [0.25, 0.3) is 0 Å². The molecule has 0 unspecified atom stereocenters. The average Bonchev–Trinajstić information content (AvgIpc) is 2.33. The quantitative estimate of drug-likeness (QED) is 0.784. The lowest BCUT2D eigenvalue weighted by atomic mass is 9.75. The smallest absolute Gasteiger partial charge is 0.230 e. The summed E-state index contributed by atoms with van der Waals surface area (Å²) in [4.78, 5) is 12.4. The molecule has 0 bridgehead atoms. The molecule has 3 heteroatoms. The molecule has 2 N–H and O–H groups in total. The number of phenols is 1. The summed E-state index contributed by atoms with van der Waals surface area (Å²) in [6.07, 6.45) is 5.45. The topological polar surface area (TPSA) is 49.3 Å². The highest BCUT2D eigenvalue weighted by atomic mass is 16.3. The number of phenolic OH excluding ortho intramolecular Hbond substituents is 1. The van der Waals surface area contributed by atoms with E-state index < -0.39 is 0 Å². The number of amides is 1. The Morgan fingerprint density at radius 1 is 1.28 bits per heavy atom. The highest BCUT2D eigenvalue weighted by molar-refractivity contribution is 5.95. The molecule has 1 aliphatic carbocycles. The van der Waals surface area contributed by atoms with Crippen molar-refractivity contribution in [3.63, 3.8) is 0 Å². The molecule has 0 spiro atoms. The number of hydrogen-bond donors (Lipinski definition) is 2. The summed E-state index contributed by atoms with van der Waals surface area (Å²) in [5.41, 5.74) is 1.45. The molecular formula is C15H21NO2. The van der Waals surface area contributed by atoms with Crippen molar-refractivity contribution >= 4 is 11.6 Å². The van der Waals surface area contributed by atoms with Crippen molar-refractivity contribution in [1.29, 1.82) is 0 Å². The molecule has 1 saturated carbocycles. The molecule has 0 saturated heterocycles. The third kappa shape index (κ3) is 2.66. The van der Waals surface area contributed by atoms with E-state index in [9.17, 15) is 9.90 Å². The summed E-state index contributed by atoms with van der Waals surface area (Å²) in [6.45, 7) is 3.94. The zero-order valence-corrected chi connectivity index (χ0v) is 11.1. The van der Waals surface area contributed by atoms with Gasteiger partial charge in [0.15, 0.2) is 0 Å². The standard InChI is InChI=1S/C15H21NO2/c1-11-10-12(17)6-7-13(11)16-14(18)15(2)8-4-3-5-9-15/h6-7,10,17H,3-5,8-9H2,1-2H3,(H,16,18). The molecular weight excluding hydrogens is 226 g/mol. The summed E-state index contributed by atoms with van der Waals surface area (Å²) in [5.74, 6) is 0.338. The molecule has 18 heavy (non-hydrogen) atoms. The highest BCUT2D eigenvalue weighted by Gasteiger charge is 2.34. The van der Waals surface area contributed by atoms with Gasteiger partial charge in [-0.1, -0.05) is 26.2 Å². The number of aryl methyl sites for hydroxylation is 1. The second-order valence-corrected chi connectivity index (χ2v) is 5.57. The van der Waals surface area contributed by atoms with Gasteiger partial charge in [0.1, 0.15) is 5.75 Å². The van der Waals surface area contributed by atoms with Gasteiger partial charge >= 0.3 is 0 Å². The van der Waals surface area contributed by atoms with Gasteiger partial charge in [-0.15, -0.1) is 0 Å². The van der Waals surface area contributed by atoms with Crippen LogP contribution in [-0.4, -0.2) is 11.0 Å². The van der Waals surface area contributed by atoms with Crippen LogP contribution in [0.2, 0.25) is 0 Å². The Bertz CT molecular complexity index is 448. The van der Waals surface area contributed by atoms with Crippen LogP contribution in [-0.2, 0) is 4.79 Å². The first-order valence-corrected chi connectivity index (χ1v) is 6.62. The second-order valence-electron chi connectivity index (χ2n) is 5.57. The number of aromatic hydroxyl groups is 1. The van der Waals surface area contributed by atoms with E-state index >= 15 is 0 Å². The number of hydrogen-bond acceptors (Lipinski definition) is 2. The maximum absolute atomic E-state index is 12.4. The summed E-state index contributed by atoms with van der Waals surface area (Å²) in [6, 6.07) is 5.03. The molecule has 0 atom stereocenters. The first-order valence-electron chi connectivity index (χ1n) is 6.62. The molecule has 0 radical (unpaired) electrons. The molecule has 1 amide bonds. The van der Waals surface area contributed by atoms with Crippen molar-refractivity contribution in [3.05, 3.63) is 23.8 Å². The van der Waals surface area contributed by atoms with Crippen LogP contribution < -0.4 is 5.32 Å². The number of rotatable bonds is 2. The highest BCUT2D eigenvalue weighted by Crippen LogP contribution is 2.37. The lowest BCUT2D eigenvalue weighted by Crippen LogP contribution is -2.35. The molecule has 1 aromatic carbocycles. The Balaban J connectivity index is 2.11. The van der Waals surface area contributed by atoms with E-state index in [0.717, 1.165) is 36.9 Å². The van der Waals surface area contributed by atoms with Gasteiger partial charge in [0.05, 0.1) is 0 Å². The zero-order valence-electron chi connectivity index (χ0n) is 11.1. The van der Waals surface area contributed by atoms with Crippen molar-refractivity contribution in [1.82, 2.24) is 0 Å². The Kier molecular flexibility index (Phi) is 3.60. The van der Waals surface area contributed by atoms with E-state index in [2.05, 4.69) is 12.2 Å². The second kappa shape index (κ2) is 5.01. The maximum Gasteiger partial charge on any atom is 0.230 e. The Labute approximate surface area is 108 Å². The zero-order chi connectivity index (χ0) is 13.2. The minimum absolute atomic E-state index is 0.107. The molecule has 1 fully saturated rings. The van der Waals surface area contributed by atoms with E-state index in [-0.39, 0.29) is 17.1 Å². The molecule has 2 rings (SSSR count). The van der Waals surface area contributed by atoms with Gasteiger partial charge in [-0.05, 0) is 43.5 Å². The van der Waals surface area contributed by atoms with Crippen molar-refractivity contribution in [3.8, 4) is 5.75 Å². The number of carbonyl (C=O) groups excluding carboxylic acids is 1. The van der Waals surface area contributed by atoms with E-state index in [1.54, 1.807) is 18.2 Å². The summed E-state index contributed by atoms with van der Waals surface area (Å²) in [5, 5.41) is 12.4. The fourth-order valence-corrected chi connectivity index (χ4v) is 2.62. The van der Waals surface area contributed by atoms with Gasteiger partial charge in [-0.25, -0.2) is 0 Å². The van der Waals surface area contributed by atoms with Crippen LogP contribution >= 0.6 is 0 Å². The van der Waals surface area contributed by atoms with Gasteiger partial charge < -0.3 is 10.4 Å². The van der Waals surface area contributed by atoms with E-state index in [4.69, 9.17) is 0 Å². The first-order chi connectivity index (χ1) is 8.51. The van der Waals surface area contributed by atoms with Gasteiger partial charge in [0.2, 0.25) is 5.91 Å². The van der Waals surface area contributed by atoms with Crippen LogP contribution in [0.3, 0.4) is 0 Å². The Morgan fingerprint density at radius 2 is 1.94 bits per heavy atom. The van der Waals surface area contributed by atoms with Crippen molar-refractivity contribution in [2.24, 2.45) is 5.41 Å². The molecule has 1 aliphatic rings. The van der Waals surface area contributed by atoms with Gasteiger partial charge in [0.25, 0.3) is 0 Å². The number of anilines is 1. The van der Waals surface area contributed by atoms with E-state index in [1.807, 2.05) is 6.92 Å². The van der Waals surface area contributed by atoms with Crippen LogP contribution in [0.4, 0.5) is 5.69 Å². The van der Waals surface area contributed by atoms with Gasteiger partial charge in [0, 0.05) is 11.1 Å².